The molecule has 3 heteroatoms. The molecule has 0 aliphatic rings. The van der Waals surface area contributed by atoms with Crippen molar-refractivity contribution in [2.45, 2.75) is 3.96 Å². The molecule has 0 saturated carbocycles. The van der Waals surface area contributed by atoms with Gasteiger partial charge in [-0.25, -0.2) is 0 Å². The number of alkyl halides is 2. The lowest BCUT2D eigenvalue weighted by Crippen LogP contribution is -2.06. The Bertz CT molecular complexity index is 75.8. The SMILES string of the molecule is C#CC([SiH3])(Cl)Cl. The zero-order chi connectivity index (χ0) is 5.21. The fourth-order valence-electron chi connectivity index (χ4n) is 0. The number of halogens is 2. The first-order valence-corrected chi connectivity index (χ1v) is 3.17. The number of hydrogen-bond donors (Lipinski definition) is 0. The molecule has 0 aromatic carbocycles. The Hall–Kier alpha value is 0.357. The van der Waals surface area contributed by atoms with Crippen LogP contribution in [0.4, 0.5) is 0 Å². The Kier molecular flexibility index (Phi) is 1.99. The predicted octanol–water partition coefficient (Wildman–Crippen LogP) is 0.116. The first-order chi connectivity index (χ1) is 2.56. The van der Waals surface area contributed by atoms with Gasteiger partial charge in [0.05, 0.1) is 10.2 Å². The second-order valence-corrected chi connectivity index (χ2v) is 5.51. The highest BCUT2D eigenvalue weighted by atomic mass is 35.5. The normalized spacial score (nSPS) is 10.8. The summed E-state index contributed by atoms with van der Waals surface area (Å²) in [5.41, 5.74) is 0. The summed E-state index contributed by atoms with van der Waals surface area (Å²) in [6.07, 6.45) is 4.83. The van der Waals surface area contributed by atoms with Gasteiger partial charge in [0.15, 0.2) is 3.96 Å². The van der Waals surface area contributed by atoms with E-state index in [9.17, 15) is 0 Å². The maximum Gasteiger partial charge on any atom is 0.154 e. The highest BCUT2D eigenvalue weighted by Crippen LogP contribution is 2.11. The van der Waals surface area contributed by atoms with E-state index in [1.165, 1.54) is 0 Å². The molecule has 0 fully saturated rings. The van der Waals surface area contributed by atoms with Gasteiger partial charge in [0.25, 0.3) is 0 Å². The molecule has 0 rings (SSSR count). The van der Waals surface area contributed by atoms with E-state index in [0.29, 0.717) is 10.2 Å². The zero-order valence-electron chi connectivity index (χ0n) is 3.33. The minimum Gasteiger partial charge on any atom is -0.117 e. The summed E-state index contributed by atoms with van der Waals surface area (Å²) < 4.78 is -0.847. The van der Waals surface area contributed by atoms with Crippen molar-refractivity contribution in [1.29, 1.82) is 0 Å². The van der Waals surface area contributed by atoms with Crippen molar-refractivity contribution >= 4 is 33.4 Å². The Morgan fingerprint density at radius 1 is 1.67 bits per heavy atom. The molecule has 0 nitrogen and oxygen atoms in total. The second-order valence-electron chi connectivity index (χ2n) is 1.03. The van der Waals surface area contributed by atoms with Gasteiger partial charge in [-0.3, -0.25) is 0 Å². The van der Waals surface area contributed by atoms with Crippen LogP contribution >= 0.6 is 23.2 Å². The van der Waals surface area contributed by atoms with Crippen LogP contribution in [0.2, 0.25) is 0 Å². The van der Waals surface area contributed by atoms with Crippen LogP contribution < -0.4 is 0 Å². The van der Waals surface area contributed by atoms with Crippen LogP contribution in [0.15, 0.2) is 0 Å². The molecule has 34 valence electrons. The summed E-state index contributed by atoms with van der Waals surface area (Å²) in [5, 5.41) is 0. The summed E-state index contributed by atoms with van der Waals surface area (Å²) in [6, 6.07) is 0. The lowest BCUT2D eigenvalue weighted by atomic mass is 10.8. The summed E-state index contributed by atoms with van der Waals surface area (Å²) in [5.74, 6) is 2.20. The standard InChI is InChI=1S/C3H4Cl2Si/c1-2-3(4,5)6/h1H,6H3. The molecule has 0 atom stereocenters. The van der Waals surface area contributed by atoms with Crippen LogP contribution in [-0.2, 0) is 0 Å². The van der Waals surface area contributed by atoms with Crippen LogP contribution in [0.3, 0.4) is 0 Å². The van der Waals surface area contributed by atoms with Gasteiger partial charge in [-0.2, -0.15) is 0 Å². The number of terminal acetylenes is 1. The topological polar surface area (TPSA) is 0 Å². The lowest BCUT2D eigenvalue weighted by Gasteiger charge is -1.98. The van der Waals surface area contributed by atoms with E-state index in [2.05, 4.69) is 5.92 Å². The molecule has 0 aromatic rings. The Balaban J connectivity index is 3.55. The fraction of sp³-hybridized carbons (Fsp3) is 0.333. The molecule has 0 radical (unpaired) electrons. The average molecular weight is 139 g/mol. The monoisotopic (exact) mass is 138 g/mol. The minimum atomic E-state index is -0.847. The number of rotatable bonds is 0. The highest BCUT2D eigenvalue weighted by Gasteiger charge is 2.08. The van der Waals surface area contributed by atoms with Crippen molar-refractivity contribution in [2.24, 2.45) is 0 Å². The fourth-order valence-corrected chi connectivity index (χ4v) is 0. The van der Waals surface area contributed by atoms with Crippen molar-refractivity contribution in [3.05, 3.63) is 0 Å². The van der Waals surface area contributed by atoms with Gasteiger partial charge in [-0.15, -0.1) is 6.42 Å². The van der Waals surface area contributed by atoms with E-state index < -0.39 is 3.96 Å². The van der Waals surface area contributed by atoms with Crippen LogP contribution in [0.25, 0.3) is 0 Å². The third-order valence-electron chi connectivity index (χ3n) is 0.253. The minimum absolute atomic E-state index is 0.623. The van der Waals surface area contributed by atoms with Crippen LogP contribution in [0, 0.1) is 12.3 Å². The molecule has 0 spiro atoms. The molecule has 6 heavy (non-hydrogen) atoms. The van der Waals surface area contributed by atoms with E-state index >= 15 is 0 Å². The largest absolute Gasteiger partial charge is 0.154 e. The van der Waals surface area contributed by atoms with Crippen LogP contribution in [0.1, 0.15) is 0 Å². The van der Waals surface area contributed by atoms with E-state index in [1.54, 1.807) is 0 Å². The van der Waals surface area contributed by atoms with Gasteiger partial charge in [-0.05, 0) is 0 Å². The molecular weight excluding hydrogens is 135 g/mol. The van der Waals surface area contributed by atoms with Crippen molar-refractivity contribution in [1.82, 2.24) is 0 Å². The van der Waals surface area contributed by atoms with Crippen molar-refractivity contribution in [3.63, 3.8) is 0 Å². The van der Waals surface area contributed by atoms with Crippen LogP contribution in [0.5, 0.6) is 0 Å². The van der Waals surface area contributed by atoms with E-state index in [1.807, 2.05) is 0 Å². The van der Waals surface area contributed by atoms with E-state index in [0.717, 1.165) is 0 Å². The van der Waals surface area contributed by atoms with Gasteiger partial charge in [-0.1, -0.05) is 29.1 Å². The second kappa shape index (κ2) is 1.88. The third kappa shape index (κ3) is 4.36. The van der Waals surface area contributed by atoms with E-state index in [-0.39, 0.29) is 0 Å². The molecule has 0 heterocycles. The van der Waals surface area contributed by atoms with Gasteiger partial charge >= 0.3 is 0 Å². The van der Waals surface area contributed by atoms with Crippen molar-refractivity contribution in [2.75, 3.05) is 0 Å². The van der Waals surface area contributed by atoms with Gasteiger partial charge in [0, 0.05) is 0 Å². The number of hydrogen-bond acceptors (Lipinski definition) is 0. The quantitative estimate of drug-likeness (QED) is 0.254. The molecule has 0 aliphatic heterocycles. The highest BCUT2D eigenvalue weighted by molar-refractivity contribution is 6.67. The molecule has 0 saturated heterocycles. The summed E-state index contributed by atoms with van der Waals surface area (Å²) in [7, 11) is 0.623. The molecular formula is C3H4Cl2Si. The van der Waals surface area contributed by atoms with Gasteiger partial charge < -0.3 is 0 Å². The molecule has 0 unspecified atom stereocenters. The van der Waals surface area contributed by atoms with Crippen LogP contribution in [-0.4, -0.2) is 14.2 Å². The van der Waals surface area contributed by atoms with Crippen molar-refractivity contribution < 1.29 is 0 Å². The maximum atomic E-state index is 5.31. The Labute approximate surface area is 50.2 Å². The first kappa shape index (κ1) is 6.36. The maximum absolute atomic E-state index is 5.31. The molecule has 0 N–H and O–H groups in total. The predicted molar refractivity (Wildman–Crippen MR) is 33.2 cm³/mol. The van der Waals surface area contributed by atoms with Gasteiger partial charge in [0.1, 0.15) is 0 Å². The van der Waals surface area contributed by atoms with E-state index in [4.69, 9.17) is 29.6 Å². The van der Waals surface area contributed by atoms with Crippen molar-refractivity contribution in [3.8, 4) is 12.3 Å². The Morgan fingerprint density at radius 2 is 1.83 bits per heavy atom. The summed E-state index contributed by atoms with van der Waals surface area (Å²) in [4.78, 5) is 0. The summed E-state index contributed by atoms with van der Waals surface area (Å²) in [6.45, 7) is 0. The average Bonchev–Trinajstić information content (AvgIpc) is 1.35. The Morgan fingerprint density at radius 3 is 1.83 bits per heavy atom. The lowest BCUT2D eigenvalue weighted by molar-refractivity contribution is 1.57. The smallest absolute Gasteiger partial charge is 0.117 e. The molecule has 0 aliphatic carbocycles. The molecule has 0 amide bonds. The van der Waals surface area contributed by atoms with Gasteiger partial charge in [0.2, 0.25) is 0 Å². The molecule has 0 bridgehead atoms. The zero-order valence-corrected chi connectivity index (χ0v) is 6.85. The third-order valence-corrected chi connectivity index (χ3v) is 0.760. The first-order valence-electron chi connectivity index (χ1n) is 1.42. The molecule has 0 aromatic heterocycles. The summed E-state index contributed by atoms with van der Waals surface area (Å²) >= 11 is 10.6.